The fourth-order valence-electron chi connectivity index (χ4n) is 5.83. The number of aromatic nitrogens is 2. The number of cyclic esters (lactones) is 1. The number of likely N-dealkylation sites (tertiary alicyclic amines) is 1. The molecule has 3 amide bonds. The lowest BCUT2D eigenvalue weighted by Gasteiger charge is -2.30. The number of halogens is 1. The van der Waals surface area contributed by atoms with E-state index >= 15 is 4.39 Å². The molecule has 3 heterocycles. The Labute approximate surface area is 261 Å². The molecule has 11 nitrogen and oxygen atoms in total. The number of H-pyrrole nitrogens is 1. The average Bonchev–Trinajstić information content (AvgIpc) is 3.78. The van der Waals surface area contributed by atoms with Crippen molar-refractivity contribution in [1.82, 2.24) is 20.2 Å². The quantitative estimate of drug-likeness (QED) is 0.301. The Hall–Kier alpha value is -4.74. The number of nitrogens with zero attached hydrogens (tertiary/aromatic N) is 3. The molecular formula is C33H38FN5O6. The summed E-state index contributed by atoms with van der Waals surface area (Å²) >= 11 is 0. The summed E-state index contributed by atoms with van der Waals surface area (Å²) in [5.74, 6) is -0.0973. The maximum atomic E-state index is 15.3. The minimum Gasteiger partial charge on any atom is -0.453 e. The topological polar surface area (TPSA) is 134 Å². The summed E-state index contributed by atoms with van der Waals surface area (Å²) in [5, 5.41) is 2.65. The lowest BCUT2D eigenvalue weighted by molar-refractivity contribution is -0.135. The van der Waals surface area contributed by atoms with Gasteiger partial charge in [0.15, 0.2) is 0 Å². The maximum Gasteiger partial charge on any atom is 0.414 e. The van der Waals surface area contributed by atoms with Gasteiger partial charge < -0.3 is 29.5 Å². The Morgan fingerprint density at radius 3 is 2.56 bits per heavy atom. The molecule has 3 aromatic rings. The number of Topliss-reactive ketones (excluding diaryl/α,β-unsaturated/α-hetero) is 1. The molecule has 1 aromatic heterocycles. The van der Waals surface area contributed by atoms with E-state index < -0.39 is 30.1 Å². The Morgan fingerprint density at radius 2 is 1.89 bits per heavy atom. The number of alkyl carbamates (subject to hydrolysis) is 1. The predicted octanol–water partition coefficient (Wildman–Crippen LogP) is 5.62. The Kier molecular flexibility index (Phi) is 9.50. The summed E-state index contributed by atoms with van der Waals surface area (Å²) in [6, 6.07) is 11.0. The molecule has 5 rings (SSSR count). The van der Waals surface area contributed by atoms with E-state index in [4.69, 9.17) is 9.47 Å². The number of anilines is 1. The molecule has 2 saturated heterocycles. The van der Waals surface area contributed by atoms with Crippen molar-refractivity contribution in [2.45, 2.75) is 64.6 Å². The number of imidazole rings is 1. The van der Waals surface area contributed by atoms with Crippen LogP contribution in [0.15, 0.2) is 48.7 Å². The molecule has 2 N–H and O–H groups in total. The van der Waals surface area contributed by atoms with Crippen molar-refractivity contribution in [1.29, 1.82) is 0 Å². The first kappa shape index (κ1) is 31.7. The third kappa shape index (κ3) is 7.00. The number of aromatic amines is 1. The summed E-state index contributed by atoms with van der Waals surface area (Å²) in [4.78, 5) is 60.0. The molecular weight excluding hydrogens is 581 g/mol. The number of carbonyl (C=O) groups is 4. The summed E-state index contributed by atoms with van der Waals surface area (Å²) < 4.78 is 25.3. The number of carbonyl (C=O) groups excluding carboxylic acids is 4. The fourth-order valence-corrected chi connectivity index (χ4v) is 5.83. The standard InChI is InChI=1S/C33H38FN5O6/c1-19(2)29(37-32(42)44-4)31(41)38-15-5-6-28(38)30-35-17-27(36-30)22-10-8-21(9-11-22)25-14-12-23(16-26(25)34)39-18-24(45-33(39)43)13-7-20(3)40/h8-12,14,16-17,19,24,28-29H,5-7,13,15,18H2,1-4H3,(H,35,36)(H,37,42)/t24-,28-,29-/m0/s1. The van der Waals surface area contributed by atoms with E-state index in [2.05, 4.69) is 15.3 Å². The lowest BCUT2D eigenvalue weighted by atomic mass is 10.0. The largest absolute Gasteiger partial charge is 0.453 e. The highest BCUT2D eigenvalue weighted by molar-refractivity contribution is 5.90. The molecule has 2 aliphatic heterocycles. The molecule has 0 saturated carbocycles. The lowest BCUT2D eigenvalue weighted by Crippen LogP contribution is -2.51. The van der Waals surface area contributed by atoms with Crippen LogP contribution in [0.1, 0.15) is 58.3 Å². The molecule has 0 unspecified atom stereocenters. The Balaban J connectivity index is 1.27. The van der Waals surface area contributed by atoms with Gasteiger partial charge in [-0.25, -0.2) is 19.0 Å². The van der Waals surface area contributed by atoms with Crippen LogP contribution in [0.25, 0.3) is 22.4 Å². The fraction of sp³-hybridized carbons (Fsp3) is 0.424. The first-order chi connectivity index (χ1) is 21.5. The minimum absolute atomic E-state index is 0.0254. The molecule has 12 heteroatoms. The van der Waals surface area contributed by atoms with Gasteiger partial charge in [0.1, 0.15) is 29.6 Å². The first-order valence-electron chi connectivity index (χ1n) is 15.1. The van der Waals surface area contributed by atoms with Crippen molar-refractivity contribution < 1.29 is 33.0 Å². The van der Waals surface area contributed by atoms with Crippen LogP contribution in [0, 0.1) is 11.7 Å². The van der Waals surface area contributed by atoms with Crippen LogP contribution in [-0.2, 0) is 19.1 Å². The van der Waals surface area contributed by atoms with E-state index in [0.29, 0.717) is 42.0 Å². The van der Waals surface area contributed by atoms with Gasteiger partial charge in [-0.05, 0) is 61.4 Å². The van der Waals surface area contributed by atoms with Gasteiger partial charge in [0, 0.05) is 18.5 Å². The van der Waals surface area contributed by atoms with Gasteiger partial charge in [-0.3, -0.25) is 9.69 Å². The zero-order chi connectivity index (χ0) is 32.2. The maximum absolute atomic E-state index is 15.3. The van der Waals surface area contributed by atoms with Crippen LogP contribution in [0.2, 0.25) is 0 Å². The van der Waals surface area contributed by atoms with Gasteiger partial charge in [0.05, 0.1) is 37.3 Å². The van der Waals surface area contributed by atoms with E-state index in [1.165, 1.54) is 25.0 Å². The predicted molar refractivity (Wildman–Crippen MR) is 165 cm³/mol. The van der Waals surface area contributed by atoms with E-state index in [1.54, 1.807) is 23.2 Å². The number of benzene rings is 2. The van der Waals surface area contributed by atoms with Gasteiger partial charge in [-0.1, -0.05) is 38.1 Å². The van der Waals surface area contributed by atoms with Crippen LogP contribution in [0.5, 0.6) is 0 Å². The van der Waals surface area contributed by atoms with Crippen molar-refractivity contribution in [3.05, 3.63) is 60.3 Å². The summed E-state index contributed by atoms with van der Waals surface area (Å²) in [6.45, 7) is 6.06. The normalized spacial score (nSPS) is 18.7. The molecule has 0 aliphatic carbocycles. The Bertz CT molecular complexity index is 1570. The Morgan fingerprint density at radius 1 is 1.16 bits per heavy atom. The number of rotatable bonds is 10. The number of ketones is 1. The van der Waals surface area contributed by atoms with Crippen molar-refractivity contribution in [3.8, 4) is 22.4 Å². The van der Waals surface area contributed by atoms with Crippen LogP contribution in [0.3, 0.4) is 0 Å². The van der Waals surface area contributed by atoms with E-state index in [9.17, 15) is 19.2 Å². The monoisotopic (exact) mass is 619 g/mol. The number of ether oxygens (including phenoxy) is 2. The van der Waals surface area contributed by atoms with Crippen molar-refractivity contribution >= 4 is 29.6 Å². The number of nitrogens with one attached hydrogen (secondary N) is 2. The number of hydrogen-bond acceptors (Lipinski definition) is 7. The van der Waals surface area contributed by atoms with Crippen LogP contribution in [-0.4, -0.2) is 71.1 Å². The molecule has 2 aliphatic rings. The van der Waals surface area contributed by atoms with Gasteiger partial charge in [0.25, 0.3) is 0 Å². The smallest absolute Gasteiger partial charge is 0.414 e. The highest BCUT2D eigenvalue weighted by Crippen LogP contribution is 2.34. The summed E-state index contributed by atoms with van der Waals surface area (Å²) in [6.07, 6.45) is 2.42. The molecule has 2 fully saturated rings. The second kappa shape index (κ2) is 13.5. The zero-order valence-corrected chi connectivity index (χ0v) is 25.8. The second-order valence-electron chi connectivity index (χ2n) is 11.8. The van der Waals surface area contributed by atoms with Crippen LogP contribution in [0.4, 0.5) is 19.7 Å². The van der Waals surface area contributed by atoms with Gasteiger partial charge >= 0.3 is 12.2 Å². The zero-order valence-electron chi connectivity index (χ0n) is 25.8. The highest BCUT2D eigenvalue weighted by Gasteiger charge is 2.37. The van der Waals surface area contributed by atoms with Crippen molar-refractivity contribution in [2.75, 3.05) is 25.1 Å². The minimum atomic E-state index is -0.715. The average molecular weight is 620 g/mol. The van der Waals surface area contributed by atoms with E-state index in [0.717, 1.165) is 24.1 Å². The van der Waals surface area contributed by atoms with Crippen LogP contribution >= 0.6 is 0 Å². The molecule has 0 bridgehead atoms. The SMILES string of the molecule is COC(=O)N[C@H](C(=O)N1CCC[C@H]1c1ncc(-c2ccc(-c3ccc(N4C[C@H](CCC(C)=O)OC4=O)cc3F)cc2)[nH]1)C(C)C. The molecule has 0 radical (unpaired) electrons. The van der Waals surface area contributed by atoms with E-state index in [1.807, 2.05) is 38.1 Å². The van der Waals surface area contributed by atoms with Gasteiger partial charge in [0.2, 0.25) is 5.91 Å². The number of methoxy groups -OCH3 is 1. The summed E-state index contributed by atoms with van der Waals surface area (Å²) in [7, 11) is 1.27. The van der Waals surface area contributed by atoms with Gasteiger partial charge in [-0.15, -0.1) is 0 Å². The third-order valence-electron chi connectivity index (χ3n) is 8.30. The molecule has 45 heavy (non-hydrogen) atoms. The molecule has 3 atom stereocenters. The van der Waals surface area contributed by atoms with E-state index in [-0.39, 0.29) is 30.2 Å². The van der Waals surface area contributed by atoms with Gasteiger partial charge in [-0.2, -0.15) is 0 Å². The molecule has 0 spiro atoms. The number of hydrogen-bond donors (Lipinski definition) is 2. The molecule has 2 aromatic carbocycles. The van der Waals surface area contributed by atoms with Crippen molar-refractivity contribution in [2.24, 2.45) is 5.92 Å². The highest BCUT2D eigenvalue weighted by atomic mass is 19.1. The second-order valence-corrected chi connectivity index (χ2v) is 11.8. The summed E-state index contributed by atoms with van der Waals surface area (Å²) in [5.41, 5.74) is 3.04. The number of amides is 3. The first-order valence-corrected chi connectivity index (χ1v) is 15.1. The van der Waals surface area contributed by atoms with Crippen LogP contribution < -0.4 is 10.2 Å². The third-order valence-corrected chi connectivity index (χ3v) is 8.30. The molecule has 238 valence electrons. The van der Waals surface area contributed by atoms with Crippen molar-refractivity contribution in [3.63, 3.8) is 0 Å².